The first-order valence-electron chi connectivity index (χ1n) is 5.87. The Labute approximate surface area is 110 Å². The van der Waals surface area contributed by atoms with Crippen LogP contribution in [0.25, 0.3) is 0 Å². The highest BCUT2D eigenvalue weighted by molar-refractivity contribution is 5.82. The molecule has 0 spiro atoms. The molecule has 19 heavy (non-hydrogen) atoms. The molecule has 0 radical (unpaired) electrons. The molecule has 1 aromatic rings. The molecule has 1 heterocycles. The number of nitrogens with zero attached hydrogens (tertiary/aromatic N) is 1. The fourth-order valence-corrected chi connectivity index (χ4v) is 1.44. The third-order valence-corrected chi connectivity index (χ3v) is 2.39. The number of carboxylic acids is 1. The quantitative estimate of drug-likeness (QED) is 0.486. The molecule has 1 aromatic heterocycles. The summed E-state index contributed by atoms with van der Waals surface area (Å²) < 4.78 is 4.84. The fourth-order valence-electron chi connectivity index (χ4n) is 1.44. The second-order valence-electron chi connectivity index (χ2n) is 3.92. The van der Waals surface area contributed by atoms with Gasteiger partial charge in [0.15, 0.2) is 0 Å². The number of H-pyrrole nitrogens is 1. The normalized spacial score (nSPS) is 11.8. The molecule has 8 nitrogen and oxygen atoms in total. The van der Waals surface area contributed by atoms with Crippen LogP contribution in [0.15, 0.2) is 12.5 Å². The number of aromatic nitrogens is 2. The molecule has 0 fully saturated rings. The number of hydrogen-bond donors (Lipinski definition) is 4. The lowest BCUT2D eigenvalue weighted by Crippen LogP contribution is -2.47. The van der Waals surface area contributed by atoms with Crippen molar-refractivity contribution in [2.45, 2.75) is 18.9 Å². The maximum Gasteiger partial charge on any atom is 0.326 e. The third-order valence-electron chi connectivity index (χ3n) is 2.39. The molecule has 0 unspecified atom stereocenters. The Kier molecular flexibility index (Phi) is 6.37. The first kappa shape index (κ1) is 15.0. The van der Waals surface area contributed by atoms with E-state index in [2.05, 4.69) is 20.6 Å². The van der Waals surface area contributed by atoms with Crippen LogP contribution in [0.3, 0.4) is 0 Å². The lowest BCUT2D eigenvalue weighted by atomic mass is 10.2. The lowest BCUT2D eigenvalue weighted by molar-refractivity contribution is -0.139. The van der Waals surface area contributed by atoms with E-state index < -0.39 is 18.0 Å². The topological polar surface area (TPSA) is 116 Å². The number of carbonyl (C=O) groups is 2. The summed E-state index contributed by atoms with van der Waals surface area (Å²) in [5.74, 6) is -1.10. The average Bonchev–Trinajstić information content (AvgIpc) is 2.86. The van der Waals surface area contributed by atoms with E-state index in [-0.39, 0.29) is 6.42 Å². The number of aliphatic carboxylic acids is 1. The summed E-state index contributed by atoms with van der Waals surface area (Å²) in [5, 5.41) is 14.0. The largest absolute Gasteiger partial charge is 0.480 e. The van der Waals surface area contributed by atoms with Gasteiger partial charge in [0.1, 0.15) is 6.04 Å². The van der Waals surface area contributed by atoms with Gasteiger partial charge in [-0.2, -0.15) is 0 Å². The summed E-state index contributed by atoms with van der Waals surface area (Å²) in [6.45, 7) is 0.965. The first-order valence-corrected chi connectivity index (χ1v) is 5.87. The molecular formula is C11H18N4O4. The molecule has 0 aromatic carbocycles. The van der Waals surface area contributed by atoms with E-state index in [0.29, 0.717) is 25.3 Å². The number of aromatic amines is 1. The van der Waals surface area contributed by atoms with Gasteiger partial charge in [-0.3, -0.25) is 0 Å². The van der Waals surface area contributed by atoms with Crippen molar-refractivity contribution in [2.24, 2.45) is 0 Å². The van der Waals surface area contributed by atoms with Crippen LogP contribution in [0, 0.1) is 0 Å². The highest BCUT2D eigenvalue weighted by Gasteiger charge is 2.20. The van der Waals surface area contributed by atoms with Crippen LogP contribution in [0.1, 0.15) is 12.1 Å². The minimum absolute atomic E-state index is 0.154. The second kappa shape index (κ2) is 8.09. The standard InChI is InChI=1S/C11H18N4O4/c1-19-4-2-3-13-11(18)15-9(10(16)17)5-8-6-12-7-14-8/h6-7,9H,2-5H2,1H3,(H,12,14)(H,16,17)(H2,13,15,18)/t9-/m0/s1. The van der Waals surface area contributed by atoms with Crippen LogP contribution in [0.5, 0.6) is 0 Å². The Balaban J connectivity index is 2.36. The van der Waals surface area contributed by atoms with Gasteiger partial charge in [0.25, 0.3) is 0 Å². The van der Waals surface area contributed by atoms with Gasteiger partial charge in [-0.15, -0.1) is 0 Å². The minimum atomic E-state index is -1.10. The number of nitrogens with one attached hydrogen (secondary N) is 3. The predicted molar refractivity (Wildman–Crippen MR) is 66.7 cm³/mol. The van der Waals surface area contributed by atoms with Gasteiger partial charge in [0, 0.05) is 38.6 Å². The SMILES string of the molecule is COCCCNC(=O)N[C@@H](Cc1cnc[nH]1)C(=O)O. The van der Waals surface area contributed by atoms with Crippen LogP contribution in [-0.4, -0.2) is 53.4 Å². The summed E-state index contributed by atoms with van der Waals surface area (Å²) in [6.07, 6.45) is 3.80. The van der Waals surface area contributed by atoms with Crippen LogP contribution in [0.4, 0.5) is 4.79 Å². The zero-order valence-corrected chi connectivity index (χ0v) is 10.7. The van der Waals surface area contributed by atoms with E-state index in [1.54, 1.807) is 7.11 Å². The molecule has 4 N–H and O–H groups in total. The van der Waals surface area contributed by atoms with E-state index in [1.807, 2.05) is 0 Å². The number of methoxy groups -OCH3 is 1. The van der Waals surface area contributed by atoms with Crippen LogP contribution < -0.4 is 10.6 Å². The highest BCUT2D eigenvalue weighted by atomic mass is 16.5. The first-order chi connectivity index (χ1) is 9.13. The summed E-state index contributed by atoms with van der Waals surface area (Å²) >= 11 is 0. The van der Waals surface area contributed by atoms with E-state index in [4.69, 9.17) is 9.84 Å². The van der Waals surface area contributed by atoms with Crippen LogP contribution in [-0.2, 0) is 16.0 Å². The molecule has 2 amide bonds. The summed E-state index contributed by atoms with van der Waals surface area (Å²) in [7, 11) is 1.57. The Hall–Kier alpha value is -2.09. The molecule has 0 bridgehead atoms. The number of hydrogen-bond acceptors (Lipinski definition) is 4. The van der Waals surface area contributed by atoms with E-state index >= 15 is 0 Å². The van der Waals surface area contributed by atoms with Crippen molar-refractivity contribution < 1.29 is 19.4 Å². The number of carbonyl (C=O) groups excluding carboxylic acids is 1. The van der Waals surface area contributed by atoms with Crippen molar-refractivity contribution in [3.63, 3.8) is 0 Å². The Morgan fingerprint density at radius 1 is 1.58 bits per heavy atom. The van der Waals surface area contributed by atoms with E-state index in [1.165, 1.54) is 12.5 Å². The predicted octanol–water partition coefficient (Wildman–Crippen LogP) is -0.259. The number of ether oxygens (including phenoxy) is 1. The van der Waals surface area contributed by atoms with Gasteiger partial charge >= 0.3 is 12.0 Å². The van der Waals surface area contributed by atoms with Crippen molar-refractivity contribution in [2.75, 3.05) is 20.3 Å². The number of carboxylic acid groups (broad SMARTS) is 1. The Morgan fingerprint density at radius 3 is 2.95 bits per heavy atom. The molecule has 8 heteroatoms. The zero-order valence-electron chi connectivity index (χ0n) is 10.7. The smallest absolute Gasteiger partial charge is 0.326 e. The van der Waals surface area contributed by atoms with Crippen LogP contribution >= 0.6 is 0 Å². The highest BCUT2D eigenvalue weighted by Crippen LogP contribution is 1.98. The van der Waals surface area contributed by atoms with Crippen molar-refractivity contribution in [1.29, 1.82) is 0 Å². The van der Waals surface area contributed by atoms with Crippen LogP contribution in [0.2, 0.25) is 0 Å². The maximum atomic E-state index is 11.5. The van der Waals surface area contributed by atoms with Crippen molar-refractivity contribution in [3.05, 3.63) is 18.2 Å². The van der Waals surface area contributed by atoms with Gasteiger partial charge in [-0.05, 0) is 6.42 Å². The minimum Gasteiger partial charge on any atom is -0.480 e. The molecule has 0 aliphatic heterocycles. The van der Waals surface area contributed by atoms with Crippen molar-refractivity contribution >= 4 is 12.0 Å². The molecule has 1 rings (SSSR count). The van der Waals surface area contributed by atoms with E-state index in [0.717, 1.165) is 0 Å². The van der Waals surface area contributed by atoms with Gasteiger partial charge in [-0.1, -0.05) is 0 Å². The molecule has 106 valence electrons. The number of imidazole rings is 1. The molecule has 0 aliphatic rings. The van der Waals surface area contributed by atoms with Crippen molar-refractivity contribution in [1.82, 2.24) is 20.6 Å². The molecule has 0 saturated heterocycles. The molecular weight excluding hydrogens is 252 g/mol. The molecule has 1 atom stereocenters. The monoisotopic (exact) mass is 270 g/mol. The van der Waals surface area contributed by atoms with Crippen molar-refractivity contribution in [3.8, 4) is 0 Å². The Morgan fingerprint density at radius 2 is 2.37 bits per heavy atom. The lowest BCUT2D eigenvalue weighted by Gasteiger charge is -2.14. The van der Waals surface area contributed by atoms with Gasteiger partial charge in [0.2, 0.25) is 0 Å². The second-order valence-corrected chi connectivity index (χ2v) is 3.92. The molecule has 0 saturated carbocycles. The zero-order chi connectivity index (χ0) is 14.1. The maximum absolute atomic E-state index is 11.5. The molecule has 0 aliphatic carbocycles. The summed E-state index contributed by atoms with van der Waals surface area (Å²) in [4.78, 5) is 29.1. The van der Waals surface area contributed by atoms with Gasteiger partial charge in [0.05, 0.1) is 6.33 Å². The summed E-state index contributed by atoms with van der Waals surface area (Å²) in [5.41, 5.74) is 0.645. The number of rotatable bonds is 8. The van der Waals surface area contributed by atoms with Gasteiger partial charge in [-0.25, -0.2) is 14.6 Å². The number of urea groups is 1. The number of amides is 2. The van der Waals surface area contributed by atoms with E-state index in [9.17, 15) is 9.59 Å². The third kappa shape index (κ3) is 5.87. The summed E-state index contributed by atoms with van der Waals surface area (Å²) in [6, 6.07) is -1.51. The Bertz CT molecular complexity index is 393. The van der Waals surface area contributed by atoms with Gasteiger partial charge < -0.3 is 25.5 Å². The average molecular weight is 270 g/mol. The fraction of sp³-hybridized carbons (Fsp3) is 0.545.